The van der Waals surface area contributed by atoms with Gasteiger partial charge in [0.25, 0.3) is 0 Å². The first-order chi connectivity index (χ1) is 7.22. The summed E-state index contributed by atoms with van der Waals surface area (Å²) in [6.07, 6.45) is 1.65. The average molecular weight is 234 g/mol. The maximum Gasteiger partial charge on any atom is 0.0919 e. The molecule has 90 valence electrons. The highest BCUT2D eigenvalue weighted by Crippen LogP contribution is 2.01. The Morgan fingerprint density at radius 2 is 2.00 bits per heavy atom. The number of hydrogen-bond acceptors (Lipinski definition) is 5. The first kappa shape index (κ1) is 13.3. The number of thioether (sulfide) groups is 1. The van der Waals surface area contributed by atoms with Gasteiger partial charge in [-0.05, 0) is 13.3 Å². The molecule has 1 N–H and O–H groups in total. The maximum atomic E-state index is 9.70. The number of piperazine rings is 1. The molecule has 15 heavy (non-hydrogen) atoms. The van der Waals surface area contributed by atoms with Gasteiger partial charge in [-0.1, -0.05) is 0 Å². The topological polar surface area (TPSA) is 35.9 Å². The molecule has 0 unspecified atom stereocenters. The molecular formula is C10H22N2O2S. The van der Waals surface area contributed by atoms with Crippen molar-refractivity contribution in [1.82, 2.24) is 9.80 Å². The van der Waals surface area contributed by atoms with Crippen LogP contribution in [-0.4, -0.2) is 79.6 Å². The SMILES string of the molecule is CSCOC[C@@H](O)CN1CCN(C)CC1. The van der Waals surface area contributed by atoms with Crippen molar-refractivity contribution in [3.63, 3.8) is 0 Å². The van der Waals surface area contributed by atoms with Gasteiger partial charge >= 0.3 is 0 Å². The summed E-state index contributed by atoms with van der Waals surface area (Å²) in [5.41, 5.74) is 0. The second-order valence-corrected chi connectivity index (χ2v) is 4.85. The summed E-state index contributed by atoms with van der Waals surface area (Å²) in [6.45, 7) is 5.48. The van der Waals surface area contributed by atoms with Crippen molar-refractivity contribution >= 4 is 11.8 Å². The lowest BCUT2D eigenvalue weighted by atomic mass is 10.3. The molecule has 1 fully saturated rings. The fraction of sp³-hybridized carbons (Fsp3) is 1.00. The van der Waals surface area contributed by atoms with E-state index in [1.54, 1.807) is 11.8 Å². The van der Waals surface area contributed by atoms with Gasteiger partial charge in [-0.25, -0.2) is 0 Å². The van der Waals surface area contributed by atoms with E-state index in [0.29, 0.717) is 12.5 Å². The molecule has 0 aliphatic carbocycles. The average Bonchev–Trinajstić information content (AvgIpc) is 2.22. The number of likely N-dealkylation sites (N-methyl/N-ethyl adjacent to an activating group) is 1. The van der Waals surface area contributed by atoms with Gasteiger partial charge in [-0.3, -0.25) is 4.90 Å². The Bertz CT molecular complexity index is 164. The Balaban J connectivity index is 2.06. The van der Waals surface area contributed by atoms with Gasteiger partial charge in [0, 0.05) is 32.7 Å². The van der Waals surface area contributed by atoms with Gasteiger partial charge < -0.3 is 14.7 Å². The van der Waals surface area contributed by atoms with Crippen LogP contribution < -0.4 is 0 Å². The maximum absolute atomic E-state index is 9.70. The minimum atomic E-state index is -0.347. The minimum Gasteiger partial charge on any atom is -0.389 e. The zero-order valence-corrected chi connectivity index (χ0v) is 10.5. The van der Waals surface area contributed by atoms with E-state index in [9.17, 15) is 5.11 Å². The molecule has 1 rings (SSSR count). The van der Waals surface area contributed by atoms with Crippen molar-refractivity contribution in [2.45, 2.75) is 6.10 Å². The second-order valence-electron chi connectivity index (χ2n) is 4.04. The highest BCUT2D eigenvalue weighted by molar-refractivity contribution is 7.98. The molecule has 4 nitrogen and oxygen atoms in total. The molecule has 0 spiro atoms. The summed E-state index contributed by atoms with van der Waals surface area (Å²) < 4.78 is 5.28. The van der Waals surface area contributed by atoms with Crippen molar-refractivity contribution in [2.24, 2.45) is 0 Å². The quantitative estimate of drug-likeness (QED) is 0.514. The Morgan fingerprint density at radius 3 is 2.60 bits per heavy atom. The Kier molecular flexibility index (Phi) is 6.59. The zero-order chi connectivity index (χ0) is 11.1. The molecule has 0 aromatic rings. The summed E-state index contributed by atoms with van der Waals surface area (Å²) >= 11 is 1.64. The highest BCUT2D eigenvalue weighted by Gasteiger charge is 2.16. The molecule has 0 bridgehead atoms. The van der Waals surface area contributed by atoms with Gasteiger partial charge in [-0.15, -0.1) is 11.8 Å². The molecule has 1 saturated heterocycles. The number of β-amino-alcohol motifs (C(OH)–C–C–N with tert-alkyl or cyclic N) is 1. The molecule has 0 radical (unpaired) electrons. The van der Waals surface area contributed by atoms with E-state index < -0.39 is 0 Å². The third-order valence-electron chi connectivity index (χ3n) is 2.58. The van der Waals surface area contributed by atoms with Gasteiger partial charge in [-0.2, -0.15) is 0 Å². The molecule has 1 heterocycles. The van der Waals surface area contributed by atoms with Crippen LogP contribution in [0.15, 0.2) is 0 Å². The Morgan fingerprint density at radius 1 is 1.33 bits per heavy atom. The lowest BCUT2D eigenvalue weighted by molar-refractivity contribution is 0.0226. The standard InChI is InChI=1S/C10H22N2O2S/c1-11-3-5-12(6-4-11)7-10(13)8-14-9-15-2/h10,13H,3-9H2,1-2H3/t10-/m0/s1. The summed E-state index contributed by atoms with van der Waals surface area (Å²) in [5.74, 6) is 0.666. The molecule has 0 amide bonds. The summed E-state index contributed by atoms with van der Waals surface area (Å²) in [7, 11) is 2.13. The molecule has 0 aromatic heterocycles. The van der Waals surface area contributed by atoms with Crippen molar-refractivity contribution in [3.8, 4) is 0 Å². The van der Waals surface area contributed by atoms with Crippen LogP contribution in [0.2, 0.25) is 0 Å². The Labute approximate surface area is 96.6 Å². The van der Waals surface area contributed by atoms with Crippen LogP contribution in [0.25, 0.3) is 0 Å². The first-order valence-corrected chi connectivity index (χ1v) is 6.77. The van der Waals surface area contributed by atoms with Gasteiger partial charge in [0.1, 0.15) is 0 Å². The lowest BCUT2D eigenvalue weighted by Crippen LogP contribution is -2.47. The summed E-state index contributed by atoms with van der Waals surface area (Å²) in [5, 5.41) is 9.70. The second kappa shape index (κ2) is 7.46. The third kappa shape index (κ3) is 5.73. The van der Waals surface area contributed by atoms with Crippen LogP contribution in [-0.2, 0) is 4.74 Å². The number of rotatable bonds is 6. The lowest BCUT2D eigenvalue weighted by Gasteiger charge is -2.33. The molecule has 0 saturated carbocycles. The number of ether oxygens (including phenoxy) is 1. The van der Waals surface area contributed by atoms with E-state index in [4.69, 9.17) is 4.74 Å². The van der Waals surface area contributed by atoms with E-state index in [-0.39, 0.29) is 6.10 Å². The summed E-state index contributed by atoms with van der Waals surface area (Å²) in [6, 6.07) is 0. The van der Waals surface area contributed by atoms with E-state index in [0.717, 1.165) is 32.7 Å². The van der Waals surface area contributed by atoms with Crippen LogP contribution in [0.1, 0.15) is 0 Å². The molecular weight excluding hydrogens is 212 g/mol. The molecule has 1 atom stereocenters. The van der Waals surface area contributed by atoms with Crippen molar-refractivity contribution in [1.29, 1.82) is 0 Å². The van der Waals surface area contributed by atoms with Crippen LogP contribution in [0.4, 0.5) is 0 Å². The molecule has 0 aromatic carbocycles. The van der Waals surface area contributed by atoms with Crippen LogP contribution in [0.3, 0.4) is 0 Å². The van der Waals surface area contributed by atoms with Gasteiger partial charge in [0.05, 0.1) is 18.6 Å². The van der Waals surface area contributed by atoms with Crippen molar-refractivity contribution < 1.29 is 9.84 Å². The number of nitrogens with zero attached hydrogens (tertiary/aromatic N) is 2. The largest absolute Gasteiger partial charge is 0.389 e. The number of hydrogen-bond donors (Lipinski definition) is 1. The highest BCUT2D eigenvalue weighted by atomic mass is 32.2. The van der Waals surface area contributed by atoms with E-state index >= 15 is 0 Å². The van der Waals surface area contributed by atoms with Crippen molar-refractivity contribution in [2.75, 3.05) is 58.6 Å². The van der Waals surface area contributed by atoms with Crippen LogP contribution >= 0.6 is 11.8 Å². The normalized spacial score (nSPS) is 21.8. The molecule has 1 aliphatic rings. The fourth-order valence-electron chi connectivity index (χ4n) is 1.65. The number of aliphatic hydroxyl groups is 1. The van der Waals surface area contributed by atoms with Crippen LogP contribution in [0.5, 0.6) is 0 Å². The number of aliphatic hydroxyl groups excluding tert-OH is 1. The zero-order valence-electron chi connectivity index (χ0n) is 9.69. The third-order valence-corrected chi connectivity index (χ3v) is 2.98. The minimum absolute atomic E-state index is 0.347. The predicted molar refractivity (Wildman–Crippen MR) is 64.3 cm³/mol. The predicted octanol–water partition coefficient (Wildman–Crippen LogP) is -0.0682. The first-order valence-electron chi connectivity index (χ1n) is 5.38. The Hall–Kier alpha value is 0.190. The fourth-order valence-corrected chi connectivity index (χ4v) is 1.91. The smallest absolute Gasteiger partial charge is 0.0919 e. The van der Waals surface area contributed by atoms with E-state index in [1.807, 2.05) is 6.26 Å². The van der Waals surface area contributed by atoms with E-state index in [2.05, 4.69) is 16.8 Å². The van der Waals surface area contributed by atoms with Crippen molar-refractivity contribution in [3.05, 3.63) is 0 Å². The van der Waals surface area contributed by atoms with E-state index in [1.165, 1.54) is 0 Å². The molecule has 5 heteroatoms. The van der Waals surface area contributed by atoms with Gasteiger partial charge in [0.15, 0.2) is 0 Å². The monoisotopic (exact) mass is 234 g/mol. The molecule has 1 aliphatic heterocycles. The summed E-state index contributed by atoms with van der Waals surface area (Å²) in [4.78, 5) is 4.61. The van der Waals surface area contributed by atoms with Crippen LogP contribution in [0, 0.1) is 0 Å². The van der Waals surface area contributed by atoms with Gasteiger partial charge in [0.2, 0.25) is 0 Å².